The Morgan fingerprint density at radius 1 is 0.968 bits per heavy atom. The van der Waals surface area contributed by atoms with E-state index in [1.165, 1.54) is 6.08 Å². The summed E-state index contributed by atoms with van der Waals surface area (Å²) in [5.41, 5.74) is 5.52. The summed E-state index contributed by atoms with van der Waals surface area (Å²) in [7, 11) is 0. The van der Waals surface area contributed by atoms with Crippen molar-refractivity contribution in [2.75, 3.05) is 11.9 Å². The van der Waals surface area contributed by atoms with E-state index in [9.17, 15) is 4.79 Å². The van der Waals surface area contributed by atoms with Gasteiger partial charge in [-0.3, -0.25) is 0 Å². The number of carbonyl (C=O) groups is 1. The lowest BCUT2D eigenvalue weighted by molar-refractivity contribution is -0.134. The Labute approximate surface area is 182 Å². The lowest BCUT2D eigenvalue weighted by Crippen LogP contribution is -2.02. The number of carbonyl (C=O) groups excluding carboxylic acids is 1. The average molecular weight is 426 g/mol. The first-order chi connectivity index (χ1) is 15.1. The largest absolute Gasteiger partial charge is 0.456 e. The molecule has 0 saturated heterocycles. The molecule has 6 rings (SSSR count). The van der Waals surface area contributed by atoms with Crippen LogP contribution in [0.2, 0.25) is 5.02 Å². The van der Waals surface area contributed by atoms with Gasteiger partial charge in [-0.1, -0.05) is 48.0 Å². The van der Waals surface area contributed by atoms with Gasteiger partial charge in [-0.25, -0.2) is 9.78 Å². The Balaban J connectivity index is 1.54. The number of pyridine rings is 1. The quantitative estimate of drug-likeness (QED) is 0.273. The highest BCUT2D eigenvalue weighted by Gasteiger charge is 2.18. The summed E-state index contributed by atoms with van der Waals surface area (Å²) in [5, 5.41) is 7.20. The zero-order valence-corrected chi connectivity index (χ0v) is 17.0. The standard InChI is InChI=1S/C25H16ClN3O2/c26-17-8-7-15-9-14-5-6-16(10-21(14)28-22(15)11-17)24-19-3-1-2-4-20(19)29-25(24)27-18-12-23(30)31-13-18/h1-12,27,29H,13H2. The molecule has 150 valence electrons. The molecule has 0 spiro atoms. The van der Waals surface area contributed by atoms with Crippen LogP contribution >= 0.6 is 11.6 Å². The van der Waals surface area contributed by atoms with E-state index in [0.29, 0.717) is 5.02 Å². The number of H-pyrrole nitrogens is 1. The van der Waals surface area contributed by atoms with Crippen LogP contribution in [0.3, 0.4) is 0 Å². The number of nitrogens with one attached hydrogen (secondary N) is 2. The first kappa shape index (κ1) is 18.0. The van der Waals surface area contributed by atoms with Crippen LogP contribution in [0.4, 0.5) is 5.82 Å². The predicted octanol–water partition coefficient (Wildman–Crippen LogP) is 6.04. The Hall–Kier alpha value is -3.83. The first-order valence-electron chi connectivity index (χ1n) is 9.89. The van der Waals surface area contributed by atoms with Crippen LogP contribution in [0, 0.1) is 0 Å². The third-order valence-electron chi connectivity index (χ3n) is 5.52. The van der Waals surface area contributed by atoms with Crippen LogP contribution in [-0.4, -0.2) is 22.5 Å². The average Bonchev–Trinajstić information content (AvgIpc) is 3.34. The van der Waals surface area contributed by atoms with Crippen LogP contribution in [0.1, 0.15) is 0 Å². The van der Waals surface area contributed by atoms with Crippen molar-refractivity contribution < 1.29 is 9.53 Å². The van der Waals surface area contributed by atoms with Crippen molar-refractivity contribution in [2.45, 2.75) is 0 Å². The van der Waals surface area contributed by atoms with Gasteiger partial charge < -0.3 is 15.0 Å². The number of fused-ring (bicyclic) bond motifs is 3. The summed E-state index contributed by atoms with van der Waals surface area (Å²) < 4.78 is 5.04. The molecule has 0 amide bonds. The van der Waals surface area contributed by atoms with Crippen LogP contribution in [0.25, 0.3) is 43.8 Å². The molecule has 0 fully saturated rings. The number of aromatic nitrogens is 2. The van der Waals surface area contributed by atoms with E-state index < -0.39 is 0 Å². The molecule has 0 unspecified atom stereocenters. The van der Waals surface area contributed by atoms with Crippen molar-refractivity contribution in [3.05, 3.63) is 83.5 Å². The number of halogens is 1. The molecule has 6 heteroatoms. The summed E-state index contributed by atoms with van der Waals surface area (Å²) in [6.07, 6.45) is 1.48. The second-order valence-corrected chi connectivity index (χ2v) is 7.99. The molecule has 2 N–H and O–H groups in total. The fourth-order valence-electron chi connectivity index (χ4n) is 4.09. The smallest absolute Gasteiger partial charge is 0.333 e. The van der Waals surface area contributed by atoms with Gasteiger partial charge in [0.2, 0.25) is 0 Å². The molecule has 3 heterocycles. The molecule has 1 aliphatic heterocycles. The zero-order chi connectivity index (χ0) is 20.9. The third kappa shape index (κ3) is 3.10. The van der Waals surface area contributed by atoms with Crippen molar-refractivity contribution in [1.29, 1.82) is 0 Å². The van der Waals surface area contributed by atoms with Gasteiger partial charge in [0.05, 0.1) is 16.7 Å². The summed E-state index contributed by atoms with van der Waals surface area (Å²) in [6, 6.07) is 22.2. The molecule has 1 aliphatic rings. The molecule has 0 bridgehead atoms. The van der Waals surface area contributed by atoms with Crippen molar-refractivity contribution in [3.8, 4) is 11.1 Å². The number of cyclic esters (lactones) is 1. The Kier molecular flexibility index (Phi) is 3.98. The first-order valence-corrected chi connectivity index (χ1v) is 10.3. The normalized spacial score (nSPS) is 13.7. The fourth-order valence-corrected chi connectivity index (χ4v) is 4.26. The Bertz CT molecular complexity index is 1550. The van der Waals surface area contributed by atoms with E-state index in [-0.39, 0.29) is 12.6 Å². The number of para-hydroxylation sites is 1. The number of rotatable bonds is 3. The van der Waals surface area contributed by atoms with E-state index in [1.807, 2.05) is 36.4 Å². The van der Waals surface area contributed by atoms with Crippen molar-refractivity contribution in [1.82, 2.24) is 9.97 Å². The molecule has 0 atom stereocenters. The molecular weight excluding hydrogens is 410 g/mol. The molecular formula is C25H16ClN3O2. The van der Waals surface area contributed by atoms with E-state index >= 15 is 0 Å². The zero-order valence-electron chi connectivity index (χ0n) is 16.3. The number of hydrogen-bond donors (Lipinski definition) is 2. The number of nitrogens with zero attached hydrogens (tertiary/aromatic N) is 1. The van der Waals surface area contributed by atoms with Crippen LogP contribution in [-0.2, 0) is 9.53 Å². The maximum Gasteiger partial charge on any atom is 0.333 e. The van der Waals surface area contributed by atoms with E-state index in [4.69, 9.17) is 21.3 Å². The lowest BCUT2D eigenvalue weighted by Gasteiger charge is -2.10. The van der Waals surface area contributed by atoms with Gasteiger partial charge in [0, 0.05) is 38.3 Å². The van der Waals surface area contributed by atoms with Crippen LogP contribution in [0.5, 0.6) is 0 Å². The van der Waals surface area contributed by atoms with Gasteiger partial charge in [-0.15, -0.1) is 0 Å². The number of esters is 1. The molecule has 5 aromatic rings. The van der Waals surface area contributed by atoms with Crippen LogP contribution in [0.15, 0.2) is 78.5 Å². The van der Waals surface area contributed by atoms with Crippen molar-refractivity contribution in [2.24, 2.45) is 0 Å². The minimum atomic E-state index is -0.333. The third-order valence-corrected chi connectivity index (χ3v) is 5.75. The van der Waals surface area contributed by atoms with Crippen LogP contribution < -0.4 is 5.32 Å². The molecule has 5 nitrogen and oxygen atoms in total. The summed E-state index contributed by atoms with van der Waals surface area (Å²) in [5.74, 6) is 0.481. The van der Waals surface area contributed by atoms with Gasteiger partial charge in [0.1, 0.15) is 12.4 Å². The molecule has 0 aliphatic carbocycles. The van der Waals surface area contributed by atoms with Gasteiger partial charge in [-0.2, -0.15) is 0 Å². The van der Waals surface area contributed by atoms with Gasteiger partial charge in [-0.05, 0) is 35.9 Å². The topological polar surface area (TPSA) is 67.0 Å². The SMILES string of the molecule is O=C1C=C(Nc2[nH]c3ccccc3c2-c2ccc3cc4ccc(Cl)cc4nc3c2)CO1. The number of hydrogen-bond acceptors (Lipinski definition) is 4. The molecule has 31 heavy (non-hydrogen) atoms. The van der Waals surface area contributed by atoms with Crippen molar-refractivity contribution >= 4 is 56.1 Å². The highest BCUT2D eigenvalue weighted by molar-refractivity contribution is 6.31. The highest BCUT2D eigenvalue weighted by Crippen LogP contribution is 2.38. The lowest BCUT2D eigenvalue weighted by atomic mass is 10.0. The van der Waals surface area contributed by atoms with E-state index in [0.717, 1.165) is 55.4 Å². The maximum atomic E-state index is 11.5. The van der Waals surface area contributed by atoms with Gasteiger partial charge >= 0.3 is 5.97 Å². The number of benzene rings is 3. The summed E-state index contributed by atoms with van der Waals surface area (Å²) in [6.45, 7) is 0.236. The monoisotopic (exact) mass is 425 g/mol. The van der Waals surface area contributed by atoms with E-state index in [2.05, 4.69) is 40.6 Å². The second-order valence-electron chi connectivity index (χ2n) is 7.56. The summed E-state index contributed by atoms with van der Waals surface area (Å²) in [4.78, 5) is 19.8. The van der Waals surface area contributed by atoms with Gasteiger partial charge in [0.25, 0.3) is 0 Å². The molecule has 3 aromatic carbocycles. The molecule has 2 aromatic heterocycles. The minimum Gasteiger partial charge on any atom is -0.456 e. The maximum absolute atomic E-state index is 11.5. The van der Waals surface area contributed by atoms with Gasteiger partial charge in [0.15, 0.2) is 0 Å². The number of ether oxygens (including phenoxy) is 1. The molecule has 0 radical (unpaired) electrons. The van der Waals surface area contributed by atoms with E-state index in [1.54, 1.807) is 0 Å². The number of anilines is 1. The Morgan fingerprint density at radius 2 is 1.77 bits per heavy atom. The highest BCUT2D eigenvalue weighted by atomic mass is 35.5. The Morgan fingerprint density at radius 3 is 2.61 bits per heavy atom. The fraction of sp³-hybridized carbons (Fsp3) is 0.0400. The molecule has 0 saturated carbocycles. The van der Waals surface area contributed by atoms with Crippen molar-refractivity contribution in [3.63, 3.8) is 0 Å². The summed E-state index contributed by atoms with van der Waals surface area (Å²) >= 11 is 6.17. The number of aromatic amines is 1. The second kappa shape index (κ2) is 6.86. The minimum absolute atomic E-state index is 0.236. The predicted molar refractivity (Wildman–Crippen MR) is 124 cm³/mol.